The highest BCUT2D eigenvalue weighted by molar-refractivity contribution is 8.18. The lowest BCUT2D eigenvalue weighted by atomic mass is 10.3. The van der Waals surface area contributed by atoms with Crippen LogP contribution in [-0.2, 0) is 9.59 Å². The van der Waals surface area contributed by atoms with Gasteiger partial charge in [0.05, 0.1) is 4.91 Å². The van der Waals surface area contributed by atoms with Crippen molar-refractivity contribution in [1.82, 2.24) is 4.90 Å². The summed E-state index contributed by atoms with van der Waals surface area (Å²) in [5.41, 5.74) is 0.547. The minimum atomic E-state index is -0.454. The zero-order chi connectivity index (χ0) is 17.1. The number of rotatable bonds is 4. The molecule has 0 atom stereocenters. The summed E-state index contributed by atoms with van der Waals surface area (Å²) in [4.78, 5) is 38.5. The van der Waals surface area contributed by atoms with Gasteiger partial charge in [0, 0.05) is 15.6 Å². The Hall–Kier alpha value is -2.09. The summed E-state index contributed by atoms with van der Waals surface area (Å²) in [7, 11) is 0. The van der Waals surface area contributed by atoms with Gasteiger partial charge >= 0.3 is 0 Å². The molecule has 1 aliphatic rings. The van der Waals surface area contributed by atoms with E-state index in [-0.39, 0.29) is 6.54 Å². The molecule has 1 aliphatic heterocycles. The molecule has 1 saturated heterocycles. The van der Waals surface area contributed by atoms with E-state index in [1.165, 1.54) is 11.3 Å². The molecule has 0 radical (unpaired) electrons. The maximum Gasteiger partial charge on any atom is 0.294 e. The molecule has 0 aliphatic carbocycles. The predicted molar refractivity (Wildman–Crippen MR) is 97.1 cm³/mol. The Balaban J connectivity index is 1.66. The number of anilines is 1. The Kier molecular flexibility index (Phi) is 5.03. The summed E-state index contributed by atoms with van der Waals surface area (Å²) in [5.74, 6) is -0.901. The first-order chi connectivity index (χ1) is 11.5. The van der Waals surface area contributed by atoms with Crippen LogP contribution in [0.1, 0.15) is 4.88 Å². The number of nitrogens with one attached hydrogen (secondary N) is 1. The van der Waals surface area contributed by atoms with Gasteiger partial charge in [0.2, 0.25) is 5.91 Å². The van der Waals surface area contributed by atoms with E-state index < -0.39 is 17.1 Å². The monoisotopic (exact) mass is 378 g/mol. The van der Waals surface area contributed by atoms with Crippen LogP contribution in [0.15, 0.2) is 46.7 Å². The van der Waals surface area contributed by atoms with Crippen molar-refractivity contribution >= 4 is 63.5 Å². The van der Waals surface area contributed by atoms with Crippen molar-refractivity contribution in [1.29, 1.82) is 0 Å². The largest absolute Gasteiger partial charge is 0.325 e. The van der Waals surface area contributed by atoms with Gasteiger partial charge in [-0.25, -0.2) is 0 Å². The second-order valence-corrected chi connectivity index (χ2v) is 7.25. The van der Waals surface area contributed by atoms with E-state index in [0.717, 1.165) is 21.5 Å². The van der Waals surface area contributed by atoms with Gasteiger partial charge in [-0.3, -0.25) is 19.3 Å². The summed E-state index contributed by atoms with van der Waals surface area (Å²) < 4.78 is 0. The van der Waals surface area contributed by atoms with Crippen molar-refractivity contribution in [2.45, 2.75) is 0 Å². The molecular weight excluding hydrogens is 368 g/mol. The molecule has 0 unspecified atom stereocenters. The number of halogens is 1. The lowest BCUT2D eigenvalue weighted by molar-refractivity contribution is -0.127. The molecule has 8 heteroatoms. The van der Waals surface area contributed by atoms with Gasteiger partial charge in [-0.2, -0.15) is 0 Å². The number of amides is 3. The minimum absolute atomic E-state index is 0.321. The molecule has 1 N–H and O–H groups in total. The van der Waals surface area contributed by atoms with Crippen molar-refractivity contribution in [3.05, 3.63) is 56.6 Å². The van der Waals surface area contributed by atoms with Crippen LogP contribution in [0, 0.1) is 0 Å². The predicted octanol–water partition coefficient (Wildman–Crippen LogP) is 4.08. The van der Waals surface area contributed by atoms with Crippen molar-refractivity contribution in [2.75, 3.05) is 11.9 Å². The molecule has 1 aromatic heterocycles. The number of hydrogen-bond acceptors (Lipinski definition) is 5. The van der Waals surface area contributed by atoms with Crippen LogP contribution in [0.4, 0.5) is 10.5 Å². The average molecular weight is 379 g/mol. The van der Waals surface area contributed by atoms with Crippen molar-refractivity contribution in [3.63, 3.8) is 0 Å². The molecule has 5 nitrogen and oxygen atoms in total. The van der Waals surface area contributed by atoms with Gasteiger partial charge in [-0.15, -0.1) is 11.3 Å². The third kappa shape index (κ3) is 3.87. The van der Waals surface area contributed by atoms with Crippen LogP contribution in [0.3, 0.4) is 0 Å². The summed E-state index contributed by atoms with van der Waals surface area (Å²) in [6, 6.07) is 10.3. The van der Waals surface area contributed by atoms with Crippen molar-refractivity contribution in [2.24, 2.45) is 0 Å². The van der Waals surface area contributed by atoms with E-state index >= 15 is 0 Å². The van der Waals surface area contributed by atoms with Crippen molar-refractivity contribution < 1.29 is 14.4 Å². The fourth-order valence-corrected chi connectivity index (χ4v) is 3.70. The fraction of sp³-hybridized carbons (Fsp3) is 0.0625. The van der Waals surface area contributed by atoms with E-state index in [1.807, 2.05) is 17.5 Å². The second-order valence-electron chi connectivity index (χ2n) is 4.84. The van der Waals surface area contributed by atoms with Gasteiger partial charge in [-0.05, 0) is 53.5 Å². The van der Waals surface area contributed by atoms with Crippen LogP contribution < -0.4 is 5.32 Å². The maximum absolute atomic E-state index is 12.3. The first-order valence-corrected chi connectivity index (χ1v) is 8.94. The molecule has 24 heavy (non-hydrogen) atoms. The van der Waals surface area contributed by atoms with E-state index in [4.69, 9.17) is 11.6 Å². The van der Waals surface area contributed by atoms with E-state index in [1.54, 1.807) is 30.3 Å². The molecule has 3 rings (SSSR count). The van der Waals surface area contributed by atoms with Crippen LogP contribution in [0.5, 0.6) is 0 Å². The number of thioether (sulfide) groups is 1. The zero-order valence-electron chi connectivity index (χ0n) is 12.2. The highest BCUT2D eigenvalue weighted by Crippen LogP contribution is 2.32. The van der Waals surface area contributed by atoms with E-state index in [0.29, 0.717) is 15.6 Å². The Morgan fingerprint density at radius 1 is 1.21 bits per heavy atom. The first-order valence-electron chi connectivity index (χ1n) is 6.87. The topological polar surface area (TPSA) is 66.5 Å². The molecule has 1 fully saturated rings. The van der Waals surface area contributed by atoms with Gasteiger partial charge in [-0.1, -0.05) is 17.7 Å². The molecule has 2 heterocycles. The van der Waals surface area contributed by atoms with Crippen LogP contribution in [-0.4, -0.2) is 28.5 Å². The van der Waals surface area contributed by atoms with Crippen LogP contribution in [0.25, 0.3) is 6.08 Å². The number of benzene rings is 1. The van der Waals surface area contributed by atoms with Crippen molar-refractivity contribution in [3.8, 4) is 0 Å². The minimum Gasteiger partial charge on any atom is -0.325 e. The average Bonchev–Trinajstić information content (AvgIpc) is 3.14. The zero-order valence-corrected chi connectivity index (χ0v) is 14.6. The Bertz CT molecular complexity index is 816. The molecule has 0 bridgehead atoms. The second kappa shape index (κ2) is 7.21. The highest BCUT2D eigenvalue weighted by atomic mass is 35.5. The Labute approximate surface area is 151 Å². The first kappa shape index (κ1) is 16.8. The van der Waals surface area contributed by atoms with Gasteiger partial charge < -0.3 is 5.32 Å². The lowest BCUT2D eigenvalue weighted by Gasteiger charge is -2.12. The molecule has 3 amide bonds. The molecular formula is C16H11ClN2O3S2. The smallest absolute Gasteiger partial charge is 0.294 e. The van der Waals surface area contributed by atoms with Gasteiger partial charge in [0.25, 0.3) is 11.1 Å². The number of hydrogen-bond donors (Lipinski definition) is 1. The molecule has 2 aromatic rings. The summed E-state index contributed by atoms with van der Waals surface area (Å²) in [5, 5.41) is 4.62. The SMILES string of the molecule is O=C(CN1C(=O)S/C(=C/c2cccs2)C1=O)Nc1ccc(Cl)cc1. The number of thiophene rings is 1. The number of imide groups is 1. The summed E-state index contributed by atoms with van der Waals surface area (Å²) >= 11 is 8.09. The molecule has 122 valence electrons. The van der Waals surface area contributed by atoms with Crippen LogP contribution in [0.2, 0.25) is 5.02 Å². The van der Waals surface area contributed by atoms with E-state index in [9.17, 15) is 14.4 Å². The standard InChI is InChI=1S/C16H11ClN2O3S2/c17-10-3-5-11(6-4-10)18-14(20)9-19-15(21)13(24-16(19)22)8-12-2-1-7-23-12/h1-8H,9H2,(H,18,20)/b13-8+. The number of carbonyl (C=O) groups is 3. The van der Waals surface area contributed by atoms with Gasteiger partial charge in [0.1, 0.15) is 6.54 Å². The Morgan fingerprint density at radius 2 is 1.96 bits per heavy atom. The molecule has 1 aromatic carbocycles. The summed E-state index contributed by atoms with van der Waals surface area (Å²) in [6.07, 6.45) is 1.66. The molecule has 0 saturated carbocycles. The van der Waals surface area contributed by atoms with E-state index in [2.05, 4.69) is 5.32 Å². The Morgan fingerprint density at radius 3 is 2.62 bits per heavy atom. The number of carbonyl (C=O) groups excluding carboxylic acids is 3. The van der Waals surface area contributed by atoms with Crippen LogP contribution >= 0.6 is 34.7 Å². The fourth-order valence-electron chi connectivity index (χ4n) is 2.02. The summed E-state index contributed by atoms with van der Waals surface area (Å²) in [6.45, 7) is -0.324. The number of nitrogens with zero attached hydrogens (tertiary/aromatic N) is 1. The maximum atomic E-state index is 12.3. The third-order valence-corrected chi connectivity index (χ3v) is 5.10. The quantitative estimate of drug-likeness (QED) is 0.814. The van der Waals surface area contributed by atoms with Gasteiger partial charge in [0.15, 0.2) is 0 Å². The third-order valence-electron chi connectivity index (χ3n) is 3.12. The molecule has 0 spiro atoms. The highest BCUT2D eigenvalue weighted by Gasteiger charge is 2.36. The lowest BCUT2D eigenvalue weighted by Crippen LogP contribution is -2.36. The normalized spacial score (nSPS) is 16.0.